The van der Waals surface area contributed by atoms with Gasteiger partial charge in [-0.25, -0.2) is 0 Å². The second kappa shape index (κ2) is 7.13. The number of unbranched alkanes of at least 4 members (excludes halogenated alkanes) is 1. The van der Waals surface area contributed by atoms with Gasteiger partial charge in [-0.15, -0.1) is 0 Å². The lowest BCUT2D eigenvalue weighted by molar-refractivity contribution is -0.137. The third kappa shape index (κ3) is 4.55. The second-order valence-corrected chi connectivity index (χ2v) is 4.80. The molecule has 1 heterocycles. The van der Waals surface area contributed by atoms with E-state index < -0.39 is 17.9 Å². The van der Waals surface area contributed by atoms with Crippen molar-refractivity contribution in [3.63, 3.8) is 0 Å². The van der Waals surface area contributed by atoms with E-state index in [1.165, 1.54) is 0 Å². The van der Waals surface area contributed by atoms with Gasteiger partial charge in [0.2, 0.25) is 0 Å². The summed E-state index contributed by atoms with van der Waals surface area (Å²) >= 11 is 5.93. The van der Waals surface area contributed by atoms with Crippen LogP contribution in [0, 0.1) is 6.92 Å². The number of rotatable bonds is 7. The number of aryl methyl sites for hydroxylation is 1. The molecule has 6 nitrogen and oxygen atoms in total. The third-order valence-corrected chi connectivity index (χ3v) is 3.21. The van der Waals surface area contributed by atoms with Gasteiger partial charge in [-0.05, 0) is 13.3 Å². The Hall–Kier alpha value is -1.56. The quantitative estimate of drug-likeness (QED) is 0.716. The van der Waals surface area contributed by atoms with E-state index >= 15 is 0 Å². The Kier molecular flexibility index (Phi) is 5.82. The molecule has 0 unspecified atom stereocenters. The van der Waals surface area contributed by atoms with Crippen LogP contribution in [0.3, 0.4) is 0 Å². The number of carboxylic acids is 1. The number of hydrogen-bond acceptors (Lipinski definition) is 3. The summed E-state index contributed by atoms with van der Waals surface area (Å²) in [7, 11) is 0. The third-order valence-electron chi connectivity index (χ3n) is 2.75. The van der Waals surface area contributed by atoms with Crippen LogP contribution in [0.25, 0.3) is 0 Å². The number of nitrogens with zero attached hydrogens (tertiary/aromatic N) is 1. The molecule has 1 atom stereocenters. The van der Waals surface area contributed by atoms with Gasteiger partial charge < -0.3 is 10.4 Å². The molecule has 0 radical (unpaired) electrons. The van der Waals surface area contributed by atoms with Gasteiger partial charge in [0.05, 0.1) is 17.1 Å². The number of carbonyl (C=O) groups is 2. The standard InChI is InChI=1S/C12H18ClN3O3/c1-3-4-5-8(6-9(17)18)14-12(19)11-10(13)7(2)15-16-11/h8H,3-6H2,1-2H3,(H,14,19)(H,15,16)(H,17,18)/t8-/m1/s1. The van der Waals surface area contributed by atoms with Gasteiger partial charge in [-0.3, -0.25) is 14.7 Å². The zero-order valence-electron chi connectivity index (χ0n) is 11.0. The molecular weight excluding hydrogens is 270 g/mol. The van der Waals surface area contributed by atoms with Crippen LogP contribution in [0.4, 0.5) is 0 Å². The monoisotopic (exact) mass is 287 g/mol. The van der Waals surface area contributed by atoms with Crippen LogP contribution in [0.2, 0.25) is 5.02 Å². The summed E-state index contributed by atoms with van der Waals surface area (Å²) in [5.41, 5.74) is 0.709. The first kappa shape index (κ1) is 15.5. The van der Waals surface area contributed by atoms with E-state index in [2.05, 4.69) is 15.5 Å². The number of H-pyrrole nitrogens is 1. The van der Waals surface area contributed by atoms with Crippen LogP contribution in [0.15, 0.2) is 0 Å². The predicted molar refractivity (Wildman–Crippen MR) is 71.4 cm³/mol. The molecule has 0 fully saturated rings. The minimum Gasteiger partial charge on any atom is -0.481 e. The summed E-state index contributed by atoms with van der Waals surface area (Å²) in [5.74, 6) is -1.39. The number of hydrogen-bond donors (Lipinski definition) is 3. The number of carbonyl (C=O) groups excluding carboxylic acids is 1. The van der Waals surface area contributed by atoms with Gasteiger partial charge in [0, 0.05) is 6.04 Å². The fourth-order valence-corrected chi connectivity index (χ4v) is 1.88. The number of amides is 1. The molecule has 0 aliphatic heterocycles. The van der Waals surface area contributed by atoms with E-state index in [4.69, 9.17) is 16.7 Å². The summed E-state index contributed by atoms with van der Waals surface area (Å²) < 4.78 is 0. The van der Waals surface area contributed by atoms with Crippen LogP contribution in [-0.4, -0.2) is 33.2 Å². The molecule has 0 saturated heterocycles. The zero-order valence-corrected chi connectivity index (χ0v) is 11.8. The van der Waals surface area contributed by atoms with Crippen molar-refractivity contribution in [1.29, 1.82) is 0 Å². The van der Waals surface area contributed by atoms with Crippen molar-refractivity contribution in [2.24, 2.45) is 0 Å². The molecule has 19 heavy (non-hydrogen) atoms. The molecule has 0 aliphatic rings. The lowest BCUT2D eigenvalue weighted by Gasteiger charge is -2.15. The van der Waals surface area contributed by atoms with Gasteiger partial charge >= 0.3 is 5.97 Å². The van der Waals surface area contributed by atoms with E-state index in [0.717, 1.165) is 12.8 Å². The molecule has 106 valence electrons. The van der Waals surface area contributed by atoms with Crippen LogP contribution >= 0.6 is 11.6 Å². The van der Waals surface area contributed by atoms with Crippen molar-refractivity contribution >= 4 is 23.5 Å². The summed E-state index contributed by atoms with van der Waals surface area (Å²) in [6.45, 7) is 3.71. The smallest absolute Gasteiger partial charge is 0.305 e. The maximum absolute atomic E-state index is 12.0. The van der Waals surface area contributed by atoms with Crippen LogP contribution in [0.5, 0.6) is 0 Å². The largest absolute Gasteiger partial charge is 0.481 e. The number of nitrogens with one attached hydrogen (secondary N) is 2. The molecule has 0 bridgehead atoms. The van der Waals surface area contributed by atoms with Crippen LogP contribution < -0.4 is 5.32 Å². The lowest BCUT2D eigenvalue weighted by atomic mass is 10.1. The van der Waals surface area contributed by atoms with E-state index in [-0.39, 0.29) is 17.1 Å². The molecule has 1 amide bonds. The highest BCUT2D eigenvalue weighted by molar-refractivity contribution is 6.34. The van der Waals surface area contributed by atoms with E-state index in [1.807, 2.05) is 6.92 Å². The fourth-order valence-electron chi connectivity index (χ4n) is 1.71. The molecule has 0 saturated carbocycles. The molecule has 3 N–H and O–H groups in total. The second-order valence-electron chi connectivity index (χ2n) is 4.42. The molecule has 1 aromatic rings. The molecule has 0 spiro atoms. The first-order chi connectivity index (χ1) is 8.95. The SMILES string of the molecule is CCCC[C@H](CC(=O)O)NC(=O)c1n[nH]c(C)c1Cl. The number of aromatic nitrogens is 2. The maximum atomic E-state index is 12.0. The van der Waals surface area contributed by atoms with Crippen LogP contribution in [0.1, 0.15) is 48.8 Å². The average Bonchev–Trinajstić information content (AvgIpc) is 2.66. The van der Waals surface area contributed by atoms with Crippen molar-refractivity contribution in [2.75, 3.05) is 0 Å². The zero-order chi connectivity index (χ0) is 14.4. The Morgan fingerprint density at radius 1 is 1.53 bits per heavy atom. The van der Waals surface area contributed by atoms with Crippen molar-refractivity contribution in [3.8, 4) is 0 Å². The predicted octanol–water partition coefficient (Wildman–Crippen LogP) is 2.13. The highest BCUT2D eigenvalue weighted by Crippen LogP contribution is 2.17. The van der Waals surface area contributed by atoms with E-state index in [1.54, 1.807) is 6.92 Å². The maximum Gasteiger partial charge on any atom is 0.305 e. The van der Waals surface area contributed by atoms with E-state index in [9.17, 15) is 9.59 Å². The molecule has 7 heteroatoms. The summed E-state index contributed by atoms with van der Waals surface area (Å²) in [4.78, 5) is 22.7. The number of halogens is 1. The topological polar surface area (TPSA) is 95.1 Å². The van der Waals surface area contributed by atoms with Crippen molar-refractivity contribution in [2.45, 2.75) is 45.6 Å². The normalized spacial score (nSPS) is 12.2. The van der Waals surface area contributed by atoms with Gasteiger partial charge in [-0.1, -0.05) is 31.4 Å². The Labute approximate surface area is 116 Å². The highest BCUT2D eigenvalue weighted by atomic mass is 35.5. The van der Waals surface area contributed by atoms with Crippen molar-refractivity contribution < 1.29 is 14.7 Å². The number of carboxylic acid groups (broad SMARTS) is 1. The molecule has 0 aromatic carbocycles. The minimum absolute atomic E-state index is 0.103. The average molecular weight is 288 g/mol. The number of aromatic amines is 1. The Balaban J connectivity index is 2.69. The molecular formula is C12H18ClN3O3. The highest BCUT2D eigenvalue weighted by Gasteiger charge is 2.21. The Bertz CT molecular complexity index is 459. The van der Waals surface area contributed by atoms with Gasteiger partial charge in [-0.2, -0.15) is 5.10 Å². The first-order valence-corrected chi connectivity index (χ1v) is 6.56. The minimum atomic E-state index is -0.939. The first-order valence-electron chi connectivity index (χ1n) is 6.18. The van der Waals surface area contributed by atoms with Crippen LogP contribution in [-0.2, 0) is 4.79 Å². The van der Waals surface area contributed by atoms with Crippen molar-refractivity contribution in [1.82, 2.24) is 15.5 Å². The summed E-state index contributed by atoms with van der Waals surface area (Å²) in [6.07, 6.45) is 2.31. The summed E-state index contributed by atoms with van der Waals surface area (Å²) in [5, 5.41) is 18.2. The van der Waals surface area contributed by atoms with Crippen molar-refractivity contribution in [3.05, 3.63) is 16.4 Å². The fraction of sp³-hybridized carbons (Fsp3) is 0.583. The molecule has 0 aliphatic carbocycles. The lowest BCUT2D eigenvalue weighted by Crippen LogP contribution is -2.36. The van der Waals surface area contributed by atoms with Gasteiger partial charge in [0.15, 0.2) is 5.69 Å². The Morgan fingerprint density at radius 2 is 2.21 bits per heavy atom. The Morgan fingerprint density at radius 3 is 2.68 bits per heavy atom. The van der Waals surface area contributed by atoms with E-state index in [0.29, 0.717) is 12.1 Å². The summed E-state index contributed by atoms with van der Waals surface area (Å²) in [6, 6.07) is -0.405. The number of aliphatic carboxylic acids is 1. The van der Waals surface area contributed by atoms with Gasteiger partial charge in [0.1, 0.15) is 0 Å². The molecule has 1 aromatic heterocycles. The van der Waals surface area contributed by atoms with Gasteiger partial charge in [0.25, 0.3) is 5.91 Å². The molecule has 1 rings (SSSR count).